The van der Waals surface area contributed by atoms with Gasteiger partial charge >= 0.3 is 0 Å². The van der Waals surface area contributed by atoms with Crippen LogP contribution in [-0.4, -0.2) is 33.1 Å². The van der Waals surface area contributed by atoms with Gasteiger partial charge in [0.05, 0.1) is 17.8 Å². The highest BCUT2D eigenvalue weighted by atomic mass is 16.3. The molecule has 0 saturated heterocycles. The first-order valence-electron chi connectivity index (χ1n) is 8.72. The molecule has 1 rings (SSSR count). The van der Waals surface area contributed by atoms with Crippen LogP contribution in [0.5, 0.6) is 0 Å². The zero-order valence-corrected chi connectivity index (χ0v) is 15.3. The van der Waals surface area contributed by atoms with Crippen molar-refractivity contribution in [2.45, 2.75) is 78.1 Å². The normalized spacial score (nSPS) is 40.7. The van der Waals surface area contributed by atoms with Crippen LogP contribution in [0.1, 0.15) is 60.3 Å². The van der Waals surface area contributed by atoms with Crippen LogP contribution in [0.3, 0.4) is 0 Å². The molecule has 0 aromatic heterocycles. The van der Waals surface area contributed by atoms with Crippen LogP contribution in [0, 0.1) is 11.8 Å². The van der Waals surface area contributed by atoms with Crippen LogP contribution in [0.25, 0.3) is 0 Å². The summed E-state index contributed by atoms with van der Waals surface area (Å²) in [4.78, 5) is 0. The molecule has 0 radical (unpaired) electrons. The Balaban J connectivity index is 3.07. The molecule has 0 saturated carbocycles. The van der Waals surface area contributed by atoms with Crippen LogP contribution in [0.2, 0.25) is 0 Å². The van der Waals surface area contributed by atoms with Gasteiger partial charge < -0.3 is 15.3 Å². The second-order valence-electron chi connectivity index (χ2n) is 7.65. The van der Waals surface area contributed by atoms with Gasteiger partial charge in [-0.25, -0.2) is 0 Å². The monoisotopic (exact) mass is 322 g/mol. The van der Waals surface area contributed by atoms with Crippen molar-refractivity contribution in [3.8, 4) is 0 Å². The number of rotatable bonds is 1. The van der Waals surface area contributed by atoms with E-state index < -0.39 is 17.8 Å². The summed E-state index contributed by atoms with van der Waals surface area (Å²) in [6.07, 6.45) is 9.25. The molecule has 0 fully saturated rings. The minimum atomic E-state index is -1.05. The zero-order valence-electron chi connectivity index (χ0n) is 15.3. The fourth-order valence-electron chi connectivity index (χ4n) is 2.97. The maximum Gasteiger partial charge on any atom is 0.0827 e. The van der Waals surface area contributed by atoms with E-state index in [1.807, 2.05) is 26.0 Å². The topological polar surface area (TPSA) is 60.7 Å². The molecule has 0 unspecified atom stereocenters. The molecule has 0 heterocycles. The molecule has 0 aromatic carbocycles. The van der Waals surface area contributed by atoms with Crippen molar-refractivity contribution in [1.29, 1.82) is 0 Å². The zero-order chi connectivity index (χ0) is 17.6. The van der Waals surface area contributed by atoms with E-state index in [-0.39, 0.29) is 12.3 Å². The highest BCUT2D eigenvalue weighted by Gasteiger charge is 2.23. The Kier molecular flexibility index (Phi) is 7.72. The second kappa shape index (κ2) is 8.81. The standard InChI is InChI=1S/C20H34O3/c1-14(2)17-9-10-20(5,23)13-18(21)11-15(3)7-6-8-16(4)19(22)12-17/h8-11,14,17-19,21-23H,6-7,12-13H2,1-5H3/b10-9+,15-11+,16-8+/t17-,18-,19+,20-/m0/s1. The third kappa shape index (κ3) is 7.47. The largest absolute Gasteiger partial charge is 0.389 e. The number of aliphatic hydroxyl groups is 3. The van der Waals surface area contributed by atoms with E-state index in [4.69, 9.17) is 0 Å². The van der Waals surface area contributed by atoms with Crippen molar-refractivity contribution < 1.29 is 15.3 Å². The molecular formula is C20H34O3. The highest BCUT2D eigenvalue weighted by Crippen LogP contribution is 2.25. The van der Waals surface area contributed by atoms with Crippen molar-refractivity contribution in [3.05, 3.63) is 35.5 Å². The average Bonchev–Trinajstić information content (AvgIpc) is 2.40. The number of hydrogen-bond donors (Lipinski definition) is 3. The van der Waals surface area contributed by atoms with E-state index in [9.17, 15) is 15.3 Å². The molecule has 0 amide bonds. The van der Waals surface area contributed by atoms with Crippen LogP contribution < -0.4 is 0 Å². The molecule has 23 heavy (non-hydrogen) atoms. The lowest BCUT2D eigenvalue weighted by atomic mass is 9.85. The van der Waals surface area contributed by atoms with Gasteiger partial charge in [-0.3, -0.25) is 0 Å². The minimum absolute atomic E-state index is 0.192. The fourth-order valence-corrected chi connectivity index (χ4v) is 2.97. The van der Waals surface area contributed by atoms with E-state index in [1.54, 1.807) is 13.0 Å². The van der Waals surface area contributed by atoms with Crippen molar-refractivity contribution in [2.24, 2.45) is 11.8 Å². The van der Waals surface area contributed by atoms with Gasteiger partial charge in [-0.05, 0) is 57.4 Å². The summed E-state index contributed by atoms with van der Waals surface area (Å²) >= 11 is 0. The summed E-state index contributed by atoms with van der Waals surface area (Å²) in [5.41, 5.74) is 1.05. The lowest BCUT2D eigenvalue weighted by Crippen LogP contribution is -2.28. The van der Waals surface area contributed by atoms with E-state index in [0.717, 1.165) is 24.0 Å². The number of aliphatic hydroxyl groups excluding tert-OH is 2. The second-order valence-corrected chi connectivity index (χ2v) is 7.65. The first-order chi connectivity index (χ1) is 10.6. The summed E-state index contributed by atoms with van der Waals surface area (Å²) < 4.78 is 0. The summed E-state index contributed by atoms with van der Waals surface area (Å²) in [6, 6.07) is 0. The van der Waals surface area contributed by atoms with Gasteiger partial charge in [-0.2, -0.15) is 0 Å². The van der Waals surface area contributed by atoms with Crippen molar-refractivity contribution >= 4 is 0 Å². The van der Waals surface area contributed by atoms with E-state index in [0.29, 0.717) is 12.3 Å². The molecule has 0 bridgehead atoms. The third-order valence-electron chi connectivity index (χ3n) is 4.68. The first-order valence-corrected chi connectivity index (χ1v) is 8.72. The maximum absolute atomic E-state index is 10.5. The SMILES string of the molecule is C/C1=C\[C@H](O)C[C@@](C)(O)/C=C/[C@H](C(C)C)C[C@@H](O)/C(C)=C/CC1. The quantitative estimate of drug-likeness (QED) is 0.644. The Bertz CT molecular complexity index is 458. The number of hydrogen-bond acceptors (Lipinski definition) is 3. The molecule has 3 N–H and O–H groups in total. The van der Waals surface area contributed by atoms with Gasteiger partial charge in [0, 0.05) is 6.42 Å². The minimum Gasteiger partial charge on any atom is -0.389 e. The Morgan fingerprint density at radius 3 is 2.48 bits per heavy atom. The molecule has 0 aromatic rings. The van der Waals surface area contributed by atoms with Crippen LogP contribution >= 0.6 is 0 Å². The molecule has 1 aliphatic carbocycles. The van der Waals surface area contributed by atoms with Crippen LogP contribution in [0.15, 0.2) is 35.5 Å². The summed E-state index contributed by atoms with van der Waals surface area (Å²) in [6.45, 7) is 9.94. The van der Waals surface area contributed by atoms with Crippen molar-refractivity contribution in [3.63, 3.8) is 0 Å². The fraction of sp³-hybridized carbons (Fsp3) is 0.700. The lowest BCUT2D eigenvalue weighted by Gasteiger charge is -2.25. The predicted molar refractivity (Wildman–Crippen MR) is 96.1 cm³/mol. The van der Waals surface area contributed by atoms with Gasteiger partial charge in [0.15, 0.2) is 0 Å². The van der Waals surface area contributed by atoms with Gasteiger partial charge in [-0.15, -0.1) is 0 Å². The summed E-state index contributed by atoms with van der Waals surface area (Å²) in [5, 5.41) is 31.1. The first kappa shape index (κ1) is 20.1. The summed E-state index contributed by atoms with van der Waals surface area (Å²) in [7, 11) is 0. The Hall–Kier alpha value is -0.900. The number of allylic oxidation sites excluding steroid dienone is 3. The van der Waals surface area contributed by atoms with E-state index >= 15 is 0 Å². The molecular weight excluding hydrogens is 288 g/mol. The van der Waals surface area contributed by atoms with E-state index in [2.05, 4.69) is 19.9 Å². The Morgan fingerprint density at radius 1 is 1.22 bits per heavy atom. The molecule has 3 heteroatoms. The Morgan fingerprint density at radius 2 is 1.87 bits per heavy atom. The Labute approximate surface area is 141 Å². The van der Waals surface area contributed by atoms with Crippen LogP contribution in [-0.2, 0) is 0 Å². The molecule has 0 spiro atoms. The molecule has 3 nitrogen and oxygen atoms in total. The highest BCUT2D eigenvalue weighted by molar-refractivity contribution is 5.12. The molecule has 4 atom stereocenters. The van der Waals surface area contributed by atoms with Gasteiger partial charge in [0.25, 0.3) is 0 Å². The van der Waals surface area contributed by atoms with Crippen LogP contribution in [0.4, 0.5) is 0 Å². The average molecular weight is 322 g/mol. The van der Waals surface area contributed by atoms with Gasteiger partial charge in [-0.1, -0.05) is 43.7 Å². The lowest BCUT2D eigenvalue weighted by molar-refractivity contribution is 0.0562. The smallest absolute Gasteiger partial charge is 0.0827 e. The maximum atomic E-state index is 10.5. The third-order valence-corrected chi connectivity index (χ3v) is 4.68. The van der Waals surface area contributed by atoms with Gasteiger partial charge in [0.1, 0.15) is 0 Å². The predicted octanol–water partition coefficient (Wildman–Crippen LogP) is 3.75. The molecule has 132 valence electrons. The van der Waals surface area contributed by atoms with Crippen molar-refractivity contribution in [2.75, 3.05) is 0 Å². The van der Waals surface area contributed by atoms with Crippen molar-refractivity contribution in [1.82, 2.24) is 0 Å². The van der Waals surface area contributed by atoms with Gasteiger partial charge in [0.2, 0.25) is 0 Å². The molecule has 1 aliphatic rings. The molecule has 0 aliphatic heterocycles. The summed E-state index contributed by atoms with van der Waals surface area (Å²) in [5.74, 6) is 0.571. The van der Waals surface area contributed by atoms with E-state index in [1.165, 1.54) is 0 Å².